The number of carbonyl (C=O) groups is 2. The molecule has 2 aromatic heterocycles. The van der Waals surface area contributed by atoms with Gasteiger partial charge in [-0.25, -0.2) is 14.8 Å². The number of piperazine rings is 1. The molecule has 2 amide bonds. The van der Waals surface area contributed by atoms with Crippen molar-refractivity contribution in [2.45, 2.75) is 13.5 Å². The lowest BCUT2D eigenvalue weighted by Crippen LogP contribution is -2.50. The molecule has 2 aromatic rings. The molecule has 9 heteroatoms. The summed E-state index contributed by atoms with van der Waals surface area (Å²) in [6.07, 6.45) is 2.61. The molecule has 0 aliphatic carbocycles. The highest BCUT2D eigenvalue weighted by Gasteiger charge is 2.26. The molecule has 0 atom stereocenters. The first-order valence-corrected chi connectivity index (χ1v) is 8.46. The van der Waals surface area contributed by atoms with Crippen LogP contribution in [-0.4, -0.2) is 64.6 Å². The molecule has 0 aromatic carbocycles. The van der Waals surface area contributed by atoms with E-state index in [4.69, 9.17) is 9.15 Å². The highest BCUT2D eigenvalue weighted by atomic mass is 16.6. The second-order valence-corrected chi connectivity index (χ2v) is 5.70. The van der Waals surface area contributed by atoms with E-state index in [1.807, 2.05) is 12.1 Å². The monoisotopic (exact) mass is 359 g/mol. The van der Waals surface area contributed by atoms with E-state index >= 15 is 0 Å². The number of carbonyl (C=O) groups excluding carboxylic acids is 2. The van der Waals surface area contributed by atoms with Crippen molar-refractivity contribution in [2.75, 3.05) is 38.1 Å². The molecule has 26 heavy (non-hydrogen) atoms. The van der Waals surface area contributed by atoms with E-state index in [0.717, 1.165) is 5.76 Å². The Bertz CT molecular complexity index is 741. The zero-order valence-corrected chi connectivity index (χ0v) is 14.6. The summed E-state index contributed by atoms with van der Waals surface area (Å²) < 4.78 is 10.2. The van der Waals surface area contributed by atoms with Crippen LogP contribution >= 0.6 is 0 Å². The number of hydrogen-bond donors (Lipinski definition) is 1. The SMILES string of the molecule is CCOC(=O)N1CCN(C(=O)c2cc(NCc3ccco3)ncn2)CC1. The molecule has 0 radical (unpaired) electrons. The maximum atomic E-state index is 12.6. The number of anilines is 1. The third-order valence-corrected chi connectivity index (χ3v) is 4.00. The molecular formula is C17H21N5O4. The normalized spacial score (nSPS) is 14.2. The zero-order valence-electron chi connectivity index (χ0n) is 14.6. The minimum absolute atomic E-state index is 0.183. The van der Waals surface area contributed by atoms with Gasteiger partial charge in [-0.1, -0.05) is 0 Å². The first kappa shape index (κ1) is 17.7. The van der Waals surface area contributed by atoms with Gasteiger partial charge in [0, 0.05) is 32.2 Å². The molecule has 0 spiro atoms. The smallest absolute Gasteiger partial charge is 0.409 e. The minimum Gasteiger partial charge on any atom is -0.467 e. The number of amides is 2. The van der Waals surface area contributed by atoms with Crippen molar-refractivity contribution in [3.63, 3.8) is 0 Å². The van der Waals surface area contributed by atoms with Gasteiger partial charge < -0.3 is 24.3 Å². The Labute approximate surface area is 151 Å². The summed E-state index contributed by atoms with van der Waals surface area (Å²) in [6.45, 7) is 4.35. The van der Waals surface area contributed by atoms with Gasteiger partial charge in [-0.2, -0.15) is 0 Å². The number of aromatic nitrogens is 2. The lowest BCUT2D eigenvalue weighted by molar-refractivity contribution is 0.0566. The van der Waals surface area contributed by atoms with E-state index in [1.165, 1.54) is 6.33 Å². The highest BCUT2D eigenvalue weighted by molar-refractivity contribution is 5.93. The number of nitrogens with one attached hydrogen (secondary N) is 1. The van der Waals surface area contributed by atoms with Crippen molar-refractivity contribution in [1.82, 2.24) is 19.8 Å². The Kier molecular flexibility index (Phi) is 5.67. The molecule has 138 valence electrons. The summed E-state index contributed by atoms with van der Waals surface area (Å²) in [7, 11) is 0. The van der Waals surface area contributed by atoms with E-state index < -0.39 is 0 Å². The van der Waals surface area contributed by atoms with Crippen LogP contribution in [0.25, 0.3) is 0 Å². The summed E-state index contributed by atoms with van der Waals surface area (Å²) in [5, 5.41) is 3.10. The lowest BCUT2D eigenvalue weighted by atomic mass is 10.2. The summed E-state index contributed by atoms with van der Waals surface area (Å²) in [6, 6.07) is 5.27. The molecular weight excluding hydrogens is 338 g/mol. The Morgan fingerprint density at radius 3 is 2.69 bits per heavy atom. The molecule has 1 fully saturated rings. The van der Waals surface area contributed by atoms with Gasteiger partial charge in [-0.05, 0) is 19.1 Å². The number of nitrogens with zero attached hydrogens (tertiary/aromatic N) is 4. The van der Waals surface area contributed by atoms with E-state index in [0.29, 0.717) is 50.8 Å². The van der Waals surface area contributed by atoms with Crippen molar-refractivity contribution in [1.29, 1.82) is 0 Å². The van der Waals surface area contributed by atoms with Gasteiger partial charge in [0.25, 0.3) is 5.91 Å². The molecule has 9 nitrogen and oxygen atoms in total. The second kappa shape index (κ2) is 8.32. The summed E-state index contributed by atoms with van der Waals surface area (Å²) in [5.74, 6) is 1.13. The van der Waals surface area contributed by atoms with Gasteiger partial charge in [0.2, 0.25) is 0 Å². The fourth-order valence-electron chi connectivity index (χ4n) is 2.63. The van der Waals surface area contributed by atoms with E-state index in [-0.39, 0.29) is 12.0 Å². The fraction of sp³-hybridized carbons (Fsp3) is 0.412. The third-order valence-electron chi connectivity index (χ3n) is 4.00. The average molecular weight is 359 g/mol. The first-order valence-electron chi connectivity index (χ1n) is 8.46. The lowest BCUT2D eigenvalue weighted by Gasteiger charge is -2.33. The van der Waals surface area contributed by atoms with Gasteiger partial charge >= 0.3 is 6.09 Å². The molecule has 0 unspecified atom stereocenters. The van der Waals surface area contributed by atoms with Crippen molar-refractivity contribution in [2.24, 2.45) is 0 Å². The van der Waals surface area contributed by atoms with Crippen molar-refractivity contribution in [3.8, 4) is 0 Å². The standard InChI is InChI=1S/C17H21N5O4/c1-2-25-17(24)22-7-5-21(6-8-22)16(23)14-10-15(20-12-19-14)18-11-13-4-3-9-26-13/h3-4,9-10,12H,2,5-8,11H2,1H3,(H,18,19,20). The molecule has 0 bridgehead atoms. The number of furan rings is 1. The van der Waals surface area contributed by atoms with E-state index in [2.05, 4.69) is 15.3 Å². The first-order chi connectivity index (χ1) is 12.7. The van der Waals surface area contributed by atoms with Gasteiger partial charge in [0.05, 0.1) is 19.4 Å². The third kappa shape index (κ3) is 4.29. The van der Waals surface area contributed by atoms with Crippen LogP contribution in [-0.2, 0) is 11.3 Å². The van der Waals surface area contributed by atoms with Crippen LogP contribution in [0.4, 0.5) is 10.6 Å². The quantitative estimate of drug-likeness (QED) is 0.865. The predicted molar refractivity (Wildman–Crippen MR) is 92.6 cm³/mol. The van der Waals surface area contributed by atoms with Gasteiger partial charge in [0.15, 0.2) is 0 Å². The Hall–Kier alpha value is -3.10. The van der Waals surface area contributed by atoms with Crippen LogP contribution in [0.2, 0.25) is 0 Å². The molecule has 3 heterocycles. The molecule has 1 aliphatic heterocycles. The second-order valence-electron chi connectivity index (χ2n) is 5.70. The summed E-state index contributed by atoms with van der Waals surface area (Å²) >= 11 is 0. The van der Waals surface area contributed by atoms with Crippen LogP contribution in [0.1, 0.15) is 23.2 Å². The van der Waals surface area contributed by atoms with Crippen LogP contribution in [0.15, 0.2) is 35.2 Å². The van der Waals surface area contributed by atoms with E-state index in [1.54, 1.807) is 29.1 Å². The van der Waals surface area contributed by atoms with Gasteiger partial charge in [-0.15, -0.1) is 0 Å². The molecule has 1 aliphatic rings. The maximum Gasteiger partial charge on any atom is 0.409 e. The van der Waals surface area contributed by atoms with Crippen LogP contribution in [0, 0.1) is 0 Å². The number of rotatable bonds is 5. The molecule has 3 rings (SSSR count). The number of hydrogen-bond acceptors (Lipinski definition) is 7. The topological polar surface area (TPSA) is 101 Å². The number of ether oxygens (including phenoxy) is 1. The molecule has 1 N–H and O–H groups in total. The molecule has 0 saturated carbocycles. The van der Waals surface area contributed by atoms with Gasteiger partial charge in [-0.3, -0.25) is 4.79 Å². The summed E-state index contributed by atoms with van der Waals surface area (Å²) in [5.41, 5.74) is 0.312. The van der Waals surface area contributed by atoms with Gasteiger partial charge in [0.1, 0.15) is 23.6 Å². The zero-order chi connectivity index (χ0) is 18.4. The highest BCUT2D eigenvalue weighted by Crippen LogP contribution is 2.12. The van der Waals surface area contributed by atoms with Crippen molar-refractivity contribution >= 4 is 17.8 Å². The average Bonchev–Trinajstić information content (AvgIpc) is 3.20. The Morgan fingerprint density at radius 1 is 1.23 bits per heavy atom. The van der Waals surface area contributed by atoms with Crippen LogP contribution < -0.4 is 5.32 Å². The van der Waals surface area contributed by atoms with E-state index in [9.17, 15) is 9.59 Å². The van der Waals surface area contributed by atoms with Crippen LogP contribution in [0.3, 0.4) is 0 Å². The van der Waals surface area contributed by atoms with Crippen molar-refractivity contribution < 1.29 is 18.7 Å². The largest absolute Gasteiger partial charge is 0.467 e. The molecule has 1 saturated heterocycles. The van der Waals surface area contributed by atoms with Crippen molar-refractivity contribution in [3.05, 3.63) is 42.2 Å². The Balaban J connectivity index is 1.56. The Morgan fingerprint density at radius 2 is 2.00 bits per heavy atom. The van der Waals surface area contributed by atoms with Crippen LogP contribution in [0.5, 0.6) is 0 Å². The predicted octanol–water partition coefficient (Wildman–Crippen LogP) is 1.60. The fourth-order valence-corrected chi connectivity index (χ4v) is 2.63. The maximum absolute atomic E-state index is 12.6. The summed E-state index contributed by atoms with van der Waals surface area (Å²) in [4.78, 5) is 35.8. The minimum atomic E-state index is -0.342.